The van der Waals surface area contributed by atoms with Crippen LogP contribution in [0.1, 0.15) is 31.2 Å². The van der Waals surface area contributed by atoms with Crippen molar-refractivity contribution < 1.29 is 9.53 Å². The van der Waals surface area contributed by atoms with Crippen molar-refractivity contribution in [1.82, 2.24) is 5.32 Å². The average molecular weight is 275 g/mol. The van der Waals surface area contributed by atoms with Gasteiger partial charge in [0.05, 0.1) is 5.84 Å². The van der Waals surface area contributed by atoms with Gasteiger partial charge >= 0.3 is 6.09 Å². The molecule has 0 radical (unpaired) electrons. The molecule has 20 heavy (non-hydrogen) atoms. The van der Waals surface area contributed by atoms with Crippen LogP contribution in [0, 0.1) is 11.3 Å². The lowest BCUT2D eigenvalue weighted by Crippen LogP contribution is -2.39. The van der Waals surface area contributed by atoms with Crippen molar-refractivity contribution in [3.8, 4) is 0 Å². The lowest BCUT2D eigenvalue weighted by Gasteiger charge is -2.28. The zero-order valence-electron chi connectivity index (χ0n) is 11.5. The van der Waals surface area contributed by atoms with E-state index in [1.54, 1.807) is 0 Å². The Kier molecular flexibility index (Phi) is 4.98. The first-order valence-corrected chi connectivity index (χ1v) is 6.96. The van der Waals surface area contributed by atoms with Gasteiger partial charge in [0.25, 0.3) is 0 Å². The number of nitrogens with two attached hydrogens (primary N) is 1. The molecule has 0 aliphatic heterocycles. The van der Waals surface area contributed by atoms with E-state index in [-0.39, 0.29) is 30.5 Å². The second kappa shape index (κ2) is 6.93. The number of carbonyl (C=O) groups excluding carboxylic acids is 1. The molecule has 1 aromatic rings. The summed E-state index contributed by atoms with van der Waals surface area (Å²) in [7, 11) is 0. The number of amides is 1. The maximum atomic E-state index is 11.7. The van der Waals surface area contributed by atoms with Gasteiger partial charge in [-0.05, 0) is 31.2 Å². The third kappa shape index (κ3) is 4.26. The molecule has 5 nitrogen and oxygen atoms in total. The van der Waals surface area contributed by atoms with Crippen molar-refractivity contribution in [3.05, 3.63) is 35.9 Å². The fourth-order valence-corrected chi connectivity index (χ4v) is 2.48. The highest BCUT2D eigenvalue weighted by Crippen LogP contribution is 2.24. The van der Waals surface area contributed by atoms with Gasteiger partial charge in [-0.3, -0.25) is 5.41 Å². The normalized spacial score (nSPS) is 22.0. The third-order valence-corrected chi connectivity index (χ3v) is 3.70. The average Bonchev–Trinajstić information content (AvgIpc) is 2.47. The van der Waals surface area contributed by atoms with E-state index in [4.69, 9.17) is 15.9 Å². The van der Waals surface area contributed by atoms with Crippen LogP contribution >= 0.6 is 0 Å². The number of nitrogens with one attached hydrogen (secondary N) is 2. The summed E-state index contributed by atoms with van der Waals surface area (Å²) in [6.45, 7) is 0.287. The van der Waals surface area contributed by atoms with Crippen molar-refractivity contribution in [2.45, 2.75) is 38.3 Å². The SMILES string of the molecule is N=C(N)C1CCC(NC(=O)OCc2ccccc2)CC1. The van der Waals surface area contributed by atoms with Crippen LogP contribution in [0.25, 0.3) is 0 Å². The Morgan fingerprint density at radius 3 is 2.50 bits per heavy atom. The second-order valence-electron chi connectivity index (χ2n) is 5.21. The highest BCUT2D eigenvalue weighted by Gasteiger charge is 2.24. The fourth-order valence-electron chi connectivity index (χ4n) is 2.48. The van der Waals surface area contributed by atoms with Gasteiger partial charge in [-0.15, -0.1) is 0 Å². The molecule has 0 bridgehead atoms. The molecule has 1 aliphatic carbocycles. The van der Waals surface area contributed by atoms with E-state index in [9.17, 15) is 4.79 Å². The van der Waals surface area contributed by atoms with Gasteiger partial charge in [0.2, 0.25) is 0 Å². The lowest BCUT2D eigenvalue weighted by molar-refractivity contribution is 0.132. The Bertz CT molecular complexity index is 453. The highest BCUT2D eigenvalue weighted by atomic mass is 16.5. The summed E-state index contributed by atoms with van der Waals surface area (Å²) in [5.74, 6) is 0.434. The summed E-state index contributed by atoms with van der Waals surface area (Å²) >= 11 is 0. The third-order valence-electron chi connectivity index (χ3n) is 3.70. The molecule has 1 aliphatic rings. The van der Waals surface area contributed by atoms with Gasteiger partial charge in [-0.2, -0.15) is 0 Å². The Labute approximate surface area is 119 Å². The van der Waals surface area contributed by atoms with E-state index < -0.39 is 0 Å². The van der Waals surface area contributed by atoms with Gasteiger partial charge in [0.1, 0.15) is 6.61 Å². The molecular weight excluding hydrogens is 254 g/mol. The molecule has 0 aromatic heterocycles. The summed E-state index contributed by atoms with van der Waals surface area (Å²) < 4.78 is 5.19. The first-order chi connectivity index (χ1) is 9.65. The monoisotopic (exact) mass is 275 g/mol. The van der Waals surface area contributed by atoms with E-state index in [0.717, 1.165) is 31.2 Å². The first kappa shape index (κ1) is 14.4. The van der Waals surface area contributed by atoms with E-state index in [0.29, 0.717) is 0 Å². The predicted octanol–water partition coefficient (Wildman–Crippen LogP) is 2.41. The Morgan fingerprint density at radius 1 is 1.25 bits per heavy atom. The number of hydrogen-bond donors (Lipinski definition) is 3. The van der Waals surface area contributed by atoms with Gasteiger partial charge in [0, 0.05) is 12.0 Å². The Balaban J connectivity index is 1.69. The molecule has 1 fully saturated rings. The maximum absolute atomic E-state index is 11.7. The van der Waals surface area contributed by atoms with Gasteiger partial charge in [-0.25, -0.2) is 4.79 Å². The molecule has 0 spiro atoms. The van der Waals surface area contributed by atoms with E-state index in [1.165, 1.54) is 0 Å². The van der Waals surface area contributed by atoms with Crippen LogP contribution in [-0.2, 0) is 11.3 Å². The van der Waals surface area contributed by atoms with Crippen molar-refractivity contribution >= 4 is 11.9 Å². The number of amidine groups is 1. The minimum atomic E-state index is -0.375. The molecule has 2 rings (SSSR count). The zero-order chi connectivity index (χ0) is 14.4. The first-order valence-electron chi connectivity index (χ1n) is 6.96. The van der Waals surface area contributed by atoms with Crippen LogP contribution in [-0.4, -0.2) is 18.0 Å². The smallest absolute Gasteiger partial charge is 0.407 e. The zero-order valence-corrected chi connectivity index (χ0v) is 11.5. The summed E-state index contributed by atoms with van der Waals surface area (Å²) in [6, 6.07) is 9.74. The maximum Gasteiger partial charge on any atom is 0.407 e. The Hall–Kier alpha value is -2.04. The lowest BCUT2D eigenvalue weighted by atomic mass is 9.85. The fraction of sp³-hybridized carbons (Fsp3) is 0.467. The standard InChI is InChI=1S/C15H21N3O2/c16-14(17)12-6-8-13(9-7-12)18-15(19)20-10-11-4-2-1-3-5-11/h1-5,12-13H,6-10H2,(H3,16,17)(H,18,19). The van der Waals surface area contributed by atoms with Crippen molar-refractivity contribution in [2.75, 3.05) is 0 Å². The van der Waals surface area contributed by atoms with Crippen LogP contribution in [0.3, 0.4) is 0 Å². The van der Waals surface area contributed by atoms with Crippen LogP contribution in [0.15, 0.2) is 30.3 Å². The van der Waals surface area contributed by atoms with Crippen molar-refractivity contribution in [2.24, 2.45) is 11.7 Å². The number of ether oxygens (including phenoxy) is 1. The van der Waals surface area contributed by atoms with Gasteiger partial charge in [0.15, 0.2) is 0 Å². The number of alkyl carbamates (subject to hydrolysis) is 1. The molecule has 108 valence electrons. The summed E-state index contributed by atoms with van der Waals surface area (Å²) in [6.07, 6.45) is 3.05. The summed E-state index contributed by atoms with van der Waals surface area (Å²) in [5.41, 5.74) is 6.47. The molecule has 1 amide bonds. The van der Waals surface area contributed by atoms with Crippen LogP contribution in [0.5, 0.6) is 0 Å². The van der Waals surface area contributed by atoms with Gasteiger partial charge in [-0.1, -0.05) is 30.3 Å². The number of rotatable bonds is 4. The van der Waals surface area contributed by atoms with Crippen LogP contribution in [0.2, 0.25) is 0 Å². The van der Waals surface area contributed by atoms with Gasteiger partial charge < -0.3 is 15.8 Å². The van der Waals surface area contributed by atoms with Crippen molar-refractivity contribution in [3.63, 3.8) is 0 Å². The molecule has 0 atom stereocenters. The van der Waals surface area contributed by atoms with Crippen molar-refractivity contribution in [1.29, 1.82) is 5.41 Å². The minimum Gasteiger partial charge on any atom is -0.445 e. The minimum absolute atomic E-state index is 0.133. The number of carbonyl (C=O) groups is 1. The molecule has 1 saturated carbocycles. The van der Waals surface area contributed by atoms with Crippen LogP contribution in [0.4, 0.5) is 4.79 Å². The predicted molar refractivity (Wildman–Crippen MR) is 77.4 cm³/mol. The van der Waals surface area contributed by atoms with Crippen LogP contribution < -0.4 is 11.1 Å². The topological polar surface area (TPSA) is 88.2 Å². The largest absolute Gasteiger partial charge is 0.445 e. The molecule has 1 aromatic carbocycles. The molecule has 0 unspecified atom stereocenters. The van der Waals surface area contributed by atoms with E-state index in [2.05, 4.69) is 5.32 Å². The molecule has 0 saturated heterocycles. The number of benzene rings is 1. The van der Waals surface area contributed by atoms with E-state index >= 15 is 0 Å². The molecule has 0 heterocycles. The molecule has 4 N–H and O–H groups in total. The molecule has 5 heteroatoms. The quantitative estimate of drug-likeness (QED) is 0.582. The van der Waals surface area contributed by atoms with E-state index in [1.807, 2.05) is 30.3 Å². The molecular formula is C15H21N3O2. The highest BCUT2D eigenvalue weighted by molar-refractivity contribution is 5.79. The summed E-state index contributed by atoms with van der Waals surface area (Å²) in [4.78, 5) is 11.7. The Morgan fingerprint density at radius 2 is 1.90 bits per heavy atom. The number of hydrogen-bond acceptors (Lipinski definition) is 3. The summed E-state index contributed by atoms with van der Waals surface area (Å²) in [5, 5.41) is 10.3. The second-order valence-corrected chi connectivity index (χ2v) is 5.21.